The monoisotopic (exact) mass is 280 g/mol. The second kappa shape index (κ2) is 4.62. The highest BCUT2D eigenvalue weighted by Crippen LogP contribution is 2.27. The van der Waals surface area contributed by atoms with Crippen molar-refractivity contribution in [3.05, 3.63) is 29.1 Å². The summed E-state index contributed by atoms with van der Waals surface area (Å²) in [4.78, 5) is 10.1. The van der Waals surface area contributed by atoms with Crippen LogP contribution in [0.2, 0.25) is 0 Å². The zero-order chi connectivity index (χ0) is 13.4. The summed E-state index contributed by atoms with van der Waals surface area (Å²) in [6.07, 6.45) is 0. The van der Waals surface area contributed by atoms with Crippen molar-refractivity contribution in [3.8, 4) is 0 Å². The molecule has 7 heteroatoms. The highest BCUT2D eigenvalue weighted by Gasteiger charge is 2.23. The summed E-state index contributed by atoms with van der Waals surface area (Å²) < 4.78 is 35.6. The van der Waals surface area contributed by atoms with Gasteiger partial charge >= 0.3 is 5.97 Å². The molecule has 0 unspecified atom stereocenters. The molecule has 0 bridgehead atoms. The van der Waals surface area contributed by atoms with E-state index in [2.05, 4.69) is 0 Å². The molecule has 0 spiro atoms. The fourth-order valence-electron chi connectivity index (χ4n) is 1.42. The van der Waals surface area contributed by atoms with Gasteiger partial charge in [0.25, 0.3) is 9.05 Å². The molecule has 17 heavy (non-hydrogen) atoms. The number of carboxylic acids is 1. The third kappa shape index (κ3) is 2.95. The van der Waals surface area contributed by atoms with Crippen LogP contribution in [-0.4, -0.2) is 19.5 Å². The van der Waals surface area contributed by atoms with Crippen molar-refractivity contribution in [1.82, 2.24) is 0 Å². The van der Waals surface area contributed by atoms with Crippen molar-refractivity contribution < 1.29 is 22.7 Å². The maximum absolute atomic E-state index is 13.5. The molecule has 0 radical (unpaired) electrons. The zero-order valence-corrected chi connectivity index (χ0v) is 10.6. The van der Waals surface area contributed by atoms with Gasteiger partial charge in [-0.25, -0.2) is 17.6 Å². The van der Waals surface area contributed by atoms with Crippen LogP contribution in [-0.2, 0) is 9.05 Å². The van der Waals surface area contributed by atoms with Crippen molar-refractivity contribution in [3.63, 3.8) is 0 Å². The van der Waals surface area contributed by atoms with Gasteiger partial charge in [-0.15, -0.1) is 0 Å². The lowest BCUT2D eigenvalue weighted by molar-refractivity contribution is 0.0695. The van der Waals surface area contributed by atoms with Gasteiger partial charge in [-0.1, -0.05) is 13.8 Å². The summed E-state index contributed by atoms with van der Waals surface area (Å²) in [5.41, 5.74) is -0.0420. The molecule has 0 aliphatic rings. The first kappa shape index (κ1) is 13.9. The summed E-state index contributed by atoms with van der Waals surface area (Å²) in [5, 5.41) is 8.94. The molecule has 0 fully saturated rings. The van der Waals surface area contributed by atoms with Crippen LogP contribution in [0.5, 0.6) is 0 Å². The molecule has 0 aromatic heterocycles. The average Bonchev–Trinajstić information content (AvgIpc) is 2.14. The van der Waals surface area contributed by atoms with Crippen LogP contribution in [0.3, 0.4) is 0 Å². The first-order valence-corrected chi connectivity index (χ1v) is 6.97. The largest absolute Gasteiger partial charge is 0.478 e. The third-order valence-corrected chi connectivity index (χ3v) is 3.56. The minimum Gasteiger partial charge on any atom is -0.478 e. The molecular weight excluding hydrogens is 271 g/mol. The summed E-state index contributed by atoms with van der Waals surface area (Å²) in [5.74, 6) is -2.62. The fourth-order valence-corrected chi connectivity index (χ4v) is 2.32. The second-order valence-electron chi connectivity index (χ2n) is 3.77. The van der Waals surface area contributed by atoms with E-state index in [0.29, 0.717) is 0 Å². The minimum absolute atomic E-state index is 0.221. The van der Waals surface area contributed by atoms with E-state index < -0.39 is 25.7 Å². The number of carbonyl (C=O) groups is 1. The van der Waals surface area contributed by atoms with E-state index in [0.717, 1.165) is 12.1 Å². The van der Waals surface area contributed by atoms with E-state index in [1.165, 1.54) is 0 Å². The first-order chi connectivity index (χ1) is 7.64. The average molecular weight is 281 g/mol. The molecule has 94 valence electrons. The molecule has 0 aliphatic carbocycles. The normalized spacial score (nSPS) is 11.8. The number of rotatable bonds is 3. The summed E-state index contributed by atoms with van der Waals surface area (Å²) in [6.45, 7) is 3.35. The number of halogens is 2. The fraction of sp³-hybridized carbons (Fsp3) is 0.300. The number of carboxylic acid groups (broad SMARTS) is 1. The van der Waals surface area contributed by atoms with E-state index in [1.807, 2.05) is 0 Å². The molecule has 4 nitrogen and oxygen atoms in total. The molecular formula is C10H10ClFO4S. The quantitative estimate of drug-likeness (QED) is 0.864. The molecule has 0 heterocycles. The van der Waals surface area contributed by atoms with Gasteiger partial charge in [-0.05, 0) is 23.6 Å². The van der Waals surface area contributed by atoms with Gasteiger partial charge in [-0.3, -0.25) is 0 Å². The molecule has 1 N–H and O–H groups in total. The smallest absolute Gasteiger partial charge is 0.336 e. The predicted molar refractivity (Wildman–Crippen MR) is 60.5 cm³/mol. The molecule has 0 aliphatic heterocycles. The lowest BCUT2D eigenvalue weighted by Gasteiger charge is -2.11. The van der Waals surface area contributed by atoms with Crippen molar-refractivity contribution in [2.75, 3.05) is 0 Å². The Morgan fingerprint density at radius 2 is 1.94 bits per heavy atom. The second-order valence-corrected chi connectivity index (χ2v) is 6.30. The van der Waals surface area contributed by atoms with Crippen LogP contribution in [0.15, 0.2) is 17.0 Å². The van der Waals surface area contributed by atoms with Crippen molar-refractivity contribution in [2.45, 2.75) is 24.7 Å². The van der Waals surface area contributed by atoms with Gasteiger partial charge in [-0.2, -0.15) is 0 Å². The van der Waals surface area contributed by atoms with Crippen LogP contribution < -0.4 is 0 Å². The number of benzene rings is 1. The van der Waals surface area contributed by atoms with Crippen molar-refractivity contribution in [2.24, 2.45) is 0 Å². The predicted octanol–water partition coefficient (Wildman–Crippen LogP) is 2.57. The molecule has 0 amide bonds. The van der Waals surface area contributed by atoms with Crippen LogP contribution in [0.4, 0.5) is 4.39 Å². The maximum Gasteiger partial charge on any atom is 0.336 e. The maximum atomic E-state index is 13.5. The molecule has 1 aromatic carbocycles. The van der Waals surface area contributed by atoms with Gasteiger partial charge in [0.15, 0.2) is 0 Å². The van der Waals surface area contributed by atoms with Gasteiger partial charge in [0, 0.05) is 10.7 Å². The Labute approximate surface area is 102 Å². The lowest BCUT2D eigenvalue weighted by atomic mass is 9.97. The van der Waals surface area contributed by atoms with Gasteiger partial charge < -0.3 is 5.11 Å². The van der Waals surface area contributed by atoms with Crippen LogP contribution >= 0.6 is 10.7 Å². The Kier molecular flexibility index (Phi) is 3.78. The van der Waals surface area contributed by atoms with Crippen LogP contribution in [0, 0.1) is 5.82 Å². The van der Waals surface area contributed by atoms with E-state index in [9.17, 15) is 17.6 Å². The molecule has 1 aromatic rings. The standard InChI is InChI=1S/C10H10ClFO4S/c1-5(2)6-3-8(12)9(17(11,15)16)4-7(6)10(13)14/h3-5H,1-2H3,(H,13,14). The zero-order valence-electron chi connectivity index (χ0n) is 9.07. The van der Waals surface area contributed by atoms with E-state index in [1.54, 1.807) is 13.8 Å². The summed E-state index contributed by atoms with van der Waals surface area (Å²) in [6, 6.07) is 1.64. The van der Waals surface area contributed by atoms with Crippen LogP contribution in [0.1, 0.15) is 35.7 Å². The highest BCUT2D eigenvalue weighted by molar-refractivity contribution is 8.13. The van der Waals surface area contributed by atoms with Crippen LogP contribution in [0.25, 0.3) is 0 Å². The van der Waals surface area contributed by atoms with Crippen molar-refractivity contribution >= 4 is 25.7 Å². The molecule has 0 saturated carbocycles. The molecule has 1 rings (SSSR count). The van der Waals surface area contributed by atoms with E-state index >= 15 is 0 Å². The summed E-state index contributed by atoms with van der Waals surface area (Å²) in [7, 11) is 0.714. The Balaban J connectivity index is 3.63. The third-order valence-electron chi connectivity index (χ3n) is 2.22. The Hall–Kier alpha value is -1.14. The lowest BCUT2D eigenvalue weighted by Crippen LogP contribution is -2.08. The molecule has 0 atom stereocenters. The topological polar surface area (TPSA) is 71.4 Å². The number of hydrogen-bond donors (Lipinski definition) is 1. The Morgan fingerprint density at radius 1 is 1.41 bits per heavy atom. The number of hydrogen-bond acceptors (Lipinski definition) is 3. The Bertz CT molecular complexity index is 566. The van der Waals surface area contributed by atoms with E-state index in [4.69, 9.17) is 15.8 Å². The van der Waals surface area contributed by atoms with Crippen molar-refractivity contribution in [1.29, 1.82) is 0 Å². The first-order valence-electron chi connectivity index (χ1n) is 4.66. The van der Waals surface area contributed by atoms with Gasteiger partial charge in [0.05, 0.1) is 5.56 Å². The number of aromatic carboxylic acids is 1. The van der Waals surface area contributed by atoms with Gasteiger partial charge in [0.2, 0.25) is 0 Å². The minimum atomic E-state index is -4.30. The Morgan fingerprint density at radius 3 is 2.29 bits per heavy atom. The molecule has 0 saturated heterocycles. The van der Waals surface area contributed by atoms with E-state index in [-0.39, 0.29) is 17.0 Å². The SMILES string of the molecule is CC(C)c1cc(F)c(S(=O)(=O)Cl)cc1C(=O)O. The van der Waals surface area contributed by atoms with Gasteiger partial charge in [0.1, 0.15) is 10.7 Å². The highest BCUT2D eigenvalue weighted by atomic mass is 35.7. The summed E-state index contributed by atoms with van der Waals surface area (Å²) >= 11 is 0.